The number of imidazole rings is 3. The summed E-state index contributed by atoms with van der Waals surface area (Å²) in [5.74, 6) is 1.67. The molecule has 3 heterocycles. The Morgan fingerprint density at radius 3 is 0.828 bits per heavy atom. The minimum atomic E-state index is -0.0921. The zero-order valence-electron chi connectivity index (χ0n) is 35.6. The number of carbonyl (C=O) groups excluding carboxylic acids is 3. The molecule has 12 heteroatoms. The van der Waals surface area contributed by atoms with Crippen molar-refractivity contribution in [3.05, 3.63) is 146 Å². The van der Waals surface area contributed by atoms with Crippen LogP contribution in [-0.2, 0) is 40.8 Å². The van der Waals surface area contributed by atoms with Gasteiger partial charge in [0.15, 0.2) is 0 Å². The van der Waals surface area contributed by atoms with Gasteiger partial charge in [-0.3, -0.25) is 14.4 Å². The second kappa shape index (κ2) is 27.3. The lowest BCUT2D eigenvalue weighted by atomic mass is 10.3. The van der Waals surface area contributed by atoms with Crippen LogP contribution in [0.4, 0.5) is 17.1 Å². The topological polar surface area (TPSA) is 114 Å². The molecule has 6 rings (SSSR count). The summed E-state index contributed by atoms with van der Waals surface area (Å²) < 4.78 is 11.2. The van der Waals surface area contributed by atoms with Crippen molar-refractivity contribution in [2.75, 3.05) is 16.0 Å². The smallest absolute Gasteiger partial charge is 0.315 e. The molecule has 0 unspecified atom stereocenters. The fourth-order valence-electron chi connectivity index (χ4n) is 5.34. The number of benzene rings is 3. The van der Waals surface area contributed by atoms with Crippen molar-refractivity contribution in [2.45, 2.75) is 88.4 Å². The molecule has 0 radical (unpaired) electrons. The van der Waals surface area contributed by atoms with E-state index in [-0.39, 0.29) is 25.1 Å². The lowest BCUT2D eigenvalue weighted by Crippen LogP contribution is -2.37. The normalized spacial score (nSPS) is 9.62. The van der Waals surface area contributed by atoms with Gasteiger partial charge in [-0.25, -0.2) is 27.4 Å². The molecule has 3 aromatic carbocycles. The first-order chi connectivity index (χ1) is 27.5. The highest BCUT2D eigenvalue weighted by Crippen LogP contribution is 2.09. The van der Waals surface area contributed by atoms with Crippen molar-refractivity contribution >= 4 is 34.8 Å². The maximum absolute atomic E-state index is 12.1. The lowest BCUT2D eigenvalue weighted by Gasteiger charge is -2.03. The van der Waals surface area contributed by atoms with Crippen LogP contribution in [0.5, 0.6) is 0 Å². The van der Waals surface area contributed by atoms with Crippen molar-refractivity contribution in [3.8, 4) is 0 Å². The predicted octanol–water partition coefficient (Wildman–Crippen LogP) is 8.22. The van der Waals surface area contributed by atoms with Crippen molar-refractivity contribution in [1.82, 2.24) is 13.7 Å². The summed E-state index contributed by atoms with van der Waals surface area (Å²) in [7, 11) is 5.60. The average molecular weight is 795 g/mol. The van der Waals surface area contributed by atoms with E-state index < -0.39 is 0 Å². The Labute approximate surface area is 346 Å². The molecule has 3 aromatic heterocycles. The first-order valence-electron chi connectivity index (χ1n) is 19.7. The molecular formula is C46H68N9O3+3. The number of hydrogen-bond donors (Lipinski definition) is 3. The van der Waals surface area contributed by atoms with Crippen LogP contribution in [0.3, 0.4) is 0 Å². The first kappa shape index (κ1) is 49.7. The number of anilines is 3. The summed E-state index contributed by atoms with van der Waals surface area (Å²) in [5.41, 5.74) is 2.42. The number of aromatic nitrogens is 6. The quantitative estimate of drug-likeness (QED) is 0.128. The van der Waals surface area contributed by atoms with E-state index in [1.54, 1.807) is 0 Å². The van der Waals surface area contributed by atoms with Gasteiger partial charge in [-0.2, -0.15) is 0 Å². The third-order valence-corrected chi connectivity index (χ3v) is 7.96. The summed E-state index contributed by atoms with van der Waals surface area (Å²) >= 11 is 0. The van der Waals surface area contributed by atoms with E-state index in [1.807, 2.05) is 197 Å². The summed E-state index contributed by atoms with van der Waals surface area (Å²) in [6, 6.07) is 28.4. The number of para-hydroxylation sites is 3. The van der Waals surface area contributed by atoms with E-state index in [9.17, 15) is 14.4 Å². The van der Waals surface area contributed by atoms with Gasteiger partial charge >= 0.3 is 35.2 Å². The van der Waals surface area contributed by atoms with Gasteiger partial charge in [0.2, 0.25) is 0 Å². The SMILES string of the molecule is C.CCC.CCC.CCn1cc[n+](C)c1C(=O)Nc1ccccc1.CCn1cc[n+](C)c1C(=O)Nc1ccccc1.CCn1cc[n+](C)c1C(=O)Nc1ccccc1. The van der Waals surface area contributed by atoms with Crippen LogP contribution in [-0.4, -0.2) is 31.4 Å². The van der Waals surface area contributed by atoms with Crippen LogP contribution in [0.2, 0.25) is 0 Å². The Balaban J connectivity index is 0.000000403. The highest BCUT2D eigenvalue weighted by molar-refractivity contribution is 6.01. The Morgan fingerprint density at radius 2 is 0.638 bits per heavy atom. The summed E-state index contributed by atoms with van der Waals surface area (Å²) in [6.07, 6.45) is 13.8. The largest absolute Gasteiger partial charge is 0.348 e. The number of nitrogens with one attached hydrogen (secondary N) is 3. The molecule has 0 aliphatic heterocycles. The highest BCUT2D eigenvalue weighted by atomic mass is 16.2. The highest BCUT2D eigenvalue weighted by Gasteiger charge is 2.24. The first-order valence-corrected chi connectivity index (χ1v) is 19.7. The van der Waals surface area contributed by atoms with Crippen LogP contribution in [0, 0.1) is 0 Å². The summed E-state index contributed by atoms with van der Waals surface area (Å²) in [6.45, 7) is 16.9. The van der Waals surface area contributed by atoms with Crippen LogP contribution in [0.25, 0.3) is 0 Å². The molecule has 0 saturated carbocycles. The molecule has 0 aliphatic rings. The second-order valence-electron chi connectivity index (χ2n) is 12.9. The van der Waals surface area contributed by atoms with Gasteiger partial charge in [-0.15, -0.1) is 0 Å². The molecule has 12 nitrogen and oxygen atoms in total. The zero-order chi connectivity index (χ0) is 42.2. The summed E-state index contributed by atoms with van der Waals surface area (Å²) in [4.78, 5) is 36.4. The Hall–Kier alpha value is -6.30. The van der Waals surface area contributed by atoms with Crippen molar-refractivity contribution in [3.63, 3.8) is 0 Å². The van der Waals surface area contributed by atoms with Gasteiger partial charge in [-0.05, 0) is 57.2 Å². The van der Waals surface area contributed by atoms with E-state index in [0.717, 1.165) is 36.7 Å². The lowest BCUT2D eigenvalue weighted by molar-refractivity contribution is -0.672. The van der Waals surface area contributed by atoms with Crippen molar-refractivity contribution < 1.29 is 28.1 Å². The van der Waals surface area contributed by atoms with Crippen LogP contribution in [0.15, 0.2) is 128 Å². The summed E-state index contributed by atoms with van der Waals surface area (Å²) in [5, 5.41) is 8.64. The van der Waals surface area contributed by atoms with E-state index in [4.69, 9.17) is 0 Å². The average Bonchev–Trinajstić information content (AvgIpc) is 3.92. The number of aryl methyl sites for hydroxylation is 6. The van der Waals surface area contributed by atoms with Crippen molar-refractivity contribution in [2.24, 2.45) is 21.1 Å². The minimum absolute atomic E-state index is 0. The van der Waals surface area contributed by atoms with E-state index in [0.29, 0.717) is 17.5 Å². The number of amides is 3. The number of rotatable bonds is 9. The predicted molar refractivity (Wildman–Crippen MR) is 236 cm³/mol. The van der Waals surface area contributed by atoms with Crippen LogP contribution < -0.4 is 29.7 Å². The van der Waals surface area contributed by atoms with E-state index in [1.165, 1.54) is 12.8 Å². The molecule has 312 valence electrons. The molecule has 0 spiro atoms. The van der Waals surface area contributed by atoms with Crippen LogP contribution >= 0.6 is 0 Å². The Morgan fingerprint density at radius 1 is 0.431 bits per heavy atom. The van der Waals surface area contributed by atoms with Gasteiger partial charge in [0.1, 0.15) is 37.2 Å². The molecule has 3 N–H and O–H groups in total. The van der Waals surface area contributed by atoms with Gasteiger partial charge in [0.25, 0.3) is 0 Å². The van der Waals surface area contributed by atoms with Gasteiger partial charge < -0.3 is 16.0 Å². The van der Waals surface area contributed by atoms with Gasteiger partial charge in [0.05, 0.1) is 40.8 Å². The number of carbonyl (C=O) groups is 3. The third kappa shape index (κ3) is 15.7. The van der Waals surface area contributed by atoms with E-state index in [2.05, 4.69) is 43.6 Å². The zero-order valence-corrected chi connectivity index (χ0v) is 35.6. The molecule has 6 aromatic rings. The molecule has 58 heavy (non-hydrogen) atoms. The van der Waals surface area contributed by atoms with Crippen molar-refractivity contribution in [1.29, 1.82) is 0 Å². The number of hydrogen-bond acceptors (Lipinski definition) is 3. The Bertz CT molecular complexity index is 1820. The molecule has 3 amide bonds. The monoisotopic (exact) mass is 795 g/mol. The standard InChI is InChI=1S/3C13H15N3O.2C3H8.CH4/c3*1-3-16-10-9-15(2)13(16)12(17)14-11-7-5-4-6-8-11;2*1-3-2;/h3*4-10H,3H2,1-2H3;2*3H2,1-2H3;1H4/p+3. The minimum Gasteiger partial charge on any atom is -0.315 e. The molecule has 0 atom stereocenters. The Kier molecular flexibility index (Phi) is 23.4. The van der Waals surface area contributed by atoms with E-state index >= 15 is 0 Å². The number of nitrogens with zero attached hydrogens (tertiary/aromatic N) is 6. The molecule has 0 aliphatic carbocycles. The van der Waals surface area contributed by atoms with Gasteiger partial charge in [-0.1, -0.05) is 103 Å². The third-order valence-electron chi connectivity index (χ3n) is 7.96. The van der Waals surface area contributed by atoms with Crippen LogP contribution in [0.1, 0.15) is 101 Å². The maximum atomic E-state index is 12.1. The molecule has 0 bridgehead atoms. The second-order valence-corrected chi connectivity index (χ2v) is 12.9. The maximum Gasteiger partial charge on any atom is 0.348 e. The fourth-order valence-corrected chi connectivity index (χ4v) is 5.34. The molecule has 0 saturated heterocycles. The fraction of sp³-hybridized carbons (Fsp3) is 0.348. The van der Waals surface area contributed by atoms with Gasteiger partial charge in [0, 0.05) is 17.1 Å². The molecular weight excluding hydrogens is 727 g/mol. The molecule has 0 fully saturated rings.